The van der Waals surface area contributed by atoms with E-state index in [1.807, 2.05) is 50.5 Å². The Labute approximate surface area is 124 Å². The molecule has 0 radical (unpaired) electrons. The van der Waals surface area contributed by atoms with Crippen LogP contribution in [0.4, 0.5) is 11.4 Å². The third kappa shape index (κ3) is 3.86. The largest absolute Gasteiger partial charge is 0.381 e. The first-order chi connectivity index (χ1) is 10.1. The number of nitrogens with one attached hydrogen (secondary N) is 2. The summed E-state index contributed by atoms with van der Waals surface area (Å²) in [5.74, 6) is -0.00567. The van der Waals surface area contributed by atoms with E-state index in [0.717, 1.165) is 16.9 Å². The van der Waals surface area contributed by atoms with Crippen molar-refractivity contribution in [2.75, 3.05) is 10.6 Å². The van der Waals surface area contributed by atoms with Gasteiger partial charge in [0.2, 0.25) is 5.91 Å². The summed E-state index contributed by atoms with van der Waals surface area (Å²) in [4.78, 5) is 11.4. The van der Waals surface area contributed by atoms with Gasteiger partial charge in [0, 0.05) is 37.6 Å². The number of carbonyl (C=O) groups excluding carboxylic acids is 1. The lowest BCUT2D eigenvalue weighted by atomic mass is 10.2. The van der Waals surface area contributed by atoms with Crippen LogP contribution in [0.5, 0.6) is 0 Å². The van der Waals surface area contributed by atoms with Crippen LogP contribution < -0.4 is 10.6 Å². The lowest BCUT2D eigenvalue weighted by molar-refractivity contribution is -0.115. The maximum absolute atomic E-state index is 11.4. The van der Waals surface area contributed by atoms with Gasteiger partial charge in [0.25, 0.3) is 0 Å². The molecule has 1 aromatic carbocycles. The summed E-state index contributed by atoms with van der Waals surface area (Å²) in [6.45, 7) is 2.44. The predicted molar refractivity (Wildman–Crippen MR) is 82.8 cm³/mol. The number of aryl methyl sites for hydroxylation is 1. The number of amides is 1. The third-order valence-corrected chi connectivity index (χ3v) is 3.14. The quantitative estimate of drug-likeness (QED) is 0.886. The zero-order valence-electron chi connectivity index (χ0n) is 12.2. The Hall–Kier alpha value is -2.74. The molecule has 21 heavy (non-hydrogen) atoms. The normalized spacial score (nSPS) is 9.95. The average molecular weight is 282 g/mol. The van der Waals surface area contributed by atoms with Gasteiger partial charge in [-0.1, -0.05) is 13.0 Å². The molecule has 0 bridgehead atoms. The van der Waals surface area contributed by atoms with Crippen LogP contribution >= 0.6 is 0 Å². The molecule has 0 aliphatic rings. The predicted octanol–water partition coefficient (Wildman–Crippen LogP) is 2.86. The fourth-order valence-electron chi connectivity index (χ4n) is 2.00. The number of carbonyl (C=O) groups is 1. The molecule has 0 saturated carbocycles. The van der Waals surface area contributed by atoms with E-state index in [4.69, 9.17) is 5.26 Å². The summed E-state index contributed by atoms with van der Waals surface area (Å²) in [7, 11) is 1.85. The minimum Gasteiger partial charge on any atom is -0.381 e. The molecule has 5 nitrogen and oxygen atoms in total. The maximum atomic E-state index is 11.4. The van der Waals surface area contributed by atoms with Crippen molar-refractivity contribution >= 4 is 17.3 Å². The topological polar surface area (TPSA) is 69.8 Å². The van der Waals surface area contributed by atoms with Gasteiger partial charge < -0.3 is 15.2 Å². The molecule has 0 fully saturated rings. The molecular formula is C16H18N4O. The molecule has 0 aliphatic heterocycles. The van der Waals surface area contributed by atoms with Gasteiger partial charge in [-0.3, -0.25) is 4.79 Å². The van der Waals surface area contributed by atoms with Gasteiger partial charge in [-0.25, -0.2) is 0 Å². The molecule has 2 aromatic rings. The Kier molecular flexibility index (Phi) is 4.62. The number of aromatic nitrogens is 1. The number of benzene rings is 1. The summed E-state index contributed by atoms with van der Waals surface area (Å²) < 4.78 is 1.80. The minimum absolute atomic E-state index is 0.00567. The van der Waals surface area contributed by atoms with Crippen LogP contribution in [0, 0.1) is 11.3 Å². The van der Waals surface area contributed by atoms with Gasteiger partial charge in [-0.05, 0) is 29.8 Å². The number of nitrogens with zero attached hydrogens (tertiary/aromatic N) is 2. The van der Waals surface area contributed by atoms with E-state index in [0.29, 0.717) is 18.7 Å². The number of rotatable bonds is 5. The highest BCUT2D eigenvalue weighted by atomic mass is 16.1. The lowest BCUT2D eigenvalue weighted by Gasteiger charge is -2.08. The van der Waals surface area contributed by atoms with Gasteiger partial charge >= 0.3 is 0 Å². The van der Waals surface area contributed by atoms with Crippen molar-refractivity contribution in [3.8, 4) is 6.07 Å². The van der Waals surface area contributed by atoms with Gasteiger partial charge in [0.15, 0.2) is 0 Å². The number of hydrogen-bond donors (Lipinski definition) is 2. The Balaban J connectivity index is 2.01. The molecule has 0 aliphatic carbocycles. The van der Waals surface area contributed by atoms with Crippen molar-refractivity contribution in [2.24, 2.45) is 7.05 Å². The monoisotopic (exact) mass is 282 g/mol. The van der Waals surface area contributed by atoms with Crippen molar-refractivity contribution in [1.29, 1.82) is 5.26 Å². The van der Waals surface area contributed by atoms with E-state index in [1.165, 1.54) is 0 Å². The summed E-state index contributed by atoms with van der Waals surface area (Å²) in [5, 5.41) is 15.0. The van der Waals surface area contributed by atoms with Crippen LogP contribution in [0.3, 0.4) is 0 Å². The molecule has 108 valence electrons. The highest BCUT2D eigenvalue weighted by molar-refractivity contribution is 5.90. The van der Waals surface area contributed by atoms with Crippen LogP contribution in [0.1, 0.15) is 24.6 Å². The number of anilines is 2. The van der Waals surface area contributed by atoms with Gasteiger partial charge in [-0.15, -0.1) is 0 Å². The van der Waals surface area contributed by atoms with Crippen molar-refractivity contribution < 1.29 is 4.79 Å². The molecule has 1 heterocycles. The minimum atomic E-state index is -0.00567. The maximum Gasteiger partial charge on any atom is 0.224 e. The fourth-order valence-corrected chi connectivity index (χ4v) is 2.00. The number of nitriles is 1. The fraction of sp³-hybridized carbons (Fsp3) is 0.250. The van der Waals surface area contributed by atoms with E-state index in [9.17, 15) is 4.79 Å². The van der Waals surface area contributed by atoms with Crippen molar-refractivity contribution in [3.05, 3.63) is 47.8 Å². The van der Waals surface area contributed by atoms with E-state index in [-0.39, 0.29) is 5.91 Å². The van der Waals surface area contributed by atoms with Gasteiger partial charge in [-0.2, -0.15) is 5.26 Å². The molecule has 0 unspecified atom stereocenters. The van der Waals surface area contributed by atoms with Crippen LogP contribution in [0.2, 0.25) is 0 Å². The second kappa shape index (κ2) is 6.62. The first-order valence-corrected chi connectivity index (χ1v) is 6.81. The first-order valence-electron chi connectivity index (χ1n) is 6.81. The van der Waals surface area contributed by atoms with Crippen LogP contribution in [0.25, 0.3) is 0 Å². The molecule has 2 rings (SSSR count). The Morgan fingerprint density at radius 1 is 1.33 bits per heavy atom. The molecule has 0 saturated heterocycles. The molecule has 0 spiro atoms. The van der Waals surface area contributed by atoms with E-state index in [1.54, 1.807) is 4.57 Å². The van der Waals surface area contributed by atoms with E-state index < -0.39 is 0 Å². The highest BCUT2D eigenvalue weighted by Gasteiger charge is 2.03. The first kappa shape index (κ1) is 14.7. The molecule has 1 aromatic heterocycles. The second-order valence-corrected chi connectivity index (χ2v) is 4.79. The molecular weight excluding hydrogens is 264 g/mol. The lowest BCUT2D eigenvalue weighted by Crippen LogP contribution is -2.09. The Bertz CT molecular complexity index is 682. The van der Waals surface area contributed by atoms with Crippen LogP contribution in [0.15, 0.2) is 36.5 Å². The number of hydrogen-bond acceptors (Lipinski definition) is 3. The van der Waals surface area contributed by atoms with Crippen LogP contribution in [-0.2, 0) is 18.4 Å². The van der Waals surface area contributed by atoms with Gasteiger partial charge in [0.1, 0.15) is 11.8 Å². The SMILES string of the molecule is CCC(=O)Nc1cccc(NCc2cc(C#N)n(C)c2)c1. The van der Waals surface area contributed by atoms with Gasteiger partial charge in [0.05, 0.1) is 0 Å². The summed E-state index contributed by atoms with van der Waals surface area (Å²) >= 11 is 0. The molecule has 1 amide bonds. The summed E-state index contributed by atoms with van der Waals surface area (Å²) in [6, 6.07) is 11.6. The molecule has 5 heteroatoms. The Morgan fingerprint density at radius 2 is 2.10 bits per heavy atom. The zero-order chi connectivity index (χ0) is 15.2. The average Bonchev–Trinajstić information content (AvgIpc) is 2.85. The van der Waals surface area contributed by atoms with Crippen molar-refractivity contribution in [2.45, 2.75) is 19.9 Å². The van der Waals surface area contributed by atoms with E-state index >= 15 is 0 Å². The van der Waals surface area contributed by atoms with Crippen LogP contribution in [-0.4, -0.2) is 10.5 Å². The molecule has 0 atom stereocenters. The Morgan fingerprint density at radius 3 is 2.76 bits per heavy atom. The van der Waals surface area contributed by atoms with Crippen molar-refractivity contribution in [1.82, 2.24) is 4.57 Å². The highest BCUT2D eigenvalue weighted by Crippen LogP contribution is 2.17. The van der Waals surface area contributed by atoms with E-state index in [2.05, 4.69) is 16.7 Å². The smallest absolute Gasteiger partial charge is 0.224 e. The summed E-state index contributed by atoms with van der Waals surface area (Å²) in [5.41, 5.74) is 3.37. The third-order valence-electron chi connectivity index (χ3n) is 3.14. The summed E-state index contributed by atoms with van der Waals surface area (Å²) in [6.07, 6.45) is 2.38. The zero-order valence-corrected chi connectivity index (χ0v) is 12.2. The molecule has 2 N–H and O–H groups in total. The standard InChI is InChI=1S/C16H18N4O/c1-3-16(21)19-14-6-4-5-13(8-14)18-10-12-7-15(9-17)20(2)11-12/h4-8,11,18H,3,10H2,1-2H3,(H,19,21). The second-order valence-electron chi connectivity index (χ2n) is 4.79. The van der Waals surface area contributed by atoms with Crippen molar-refractivity contribution in [3.63, 3.8) is 0 Å².